The fourth-order valence-electron chi connectivity index (χ4n) is 1.43. The van der Waals surface area contributed by atoms with E-state index in [9.17, 15) is 4.79 Å². The van der Waals surface area contributed by atoms with Crippen LogP contribution in [-0.2, 0) is 11.3 Å². The maximum atomic E-state index is 12.2. The molecule has 6 nitrogen and oxygen atoms in total. The first kappa shape index (κ1) is 14.6. The van der Waals surface area contributed by atoms with Gasteiger partial charge >= 0.3 is 0 Å². The Bertz CT molecular complexity index is 431. The summed E-state index contributed by atoms with van der Waals surface area (Å²) in [6.45, 7) is 4.26. The van der Waals surface area contributed by atoms with Crippen LogP contribution < -0.4 is 5.73 Å². The Morgan fingerprint density at radius 2 is 2.33 bits per heavy atom. The van der Waals surface area contributed by atoms with E-state index < -0.39 is 0 Å². The molecule has 0 atom stereocenters. The molecular formula is C11H17N3O3S. The van der Waals surface area contributed by atoms with E-state index in [0.717, 1.165) is 0 Å². The van der Waals surface area contributed by atoms with E-state index in [4.69, 9.17) is 27.2 Å². The minimum absolute atomic E-state index is 0.0263. The van der Waals surface area contributed by atoms with Gasteiger partial charge in [0, 0.05) is 19.2 Å². The van der Waals surface area contributed by atoms with Crippen molar-refractivity contribution in [1.82, 2.24) is 10.1 Å². The lowest BCUT2D eigenvalue weighted by Gasteiger charge is -2.24. The summed E-state index contributed by atoms with van der Waals surface area (Å²) in [6.07, 6.45) is 0. The van der Waals surface area contributed by atoms with Crippen molar-refractivity contribution in [1.29, 1.82) is 0 Å². The molecule has 0 radical (unpaired) electrons. The molecule has 2 N–H and O–H groups in total. The topological polar surface area (TPSA) is 81.6 Å². The number of ether oxygens (including phenoxy) is 1. The SMILES string of the molecule is COCc1cc(C(=O)N(CC(N)=S)C(C)C)no1. The lowest BCUT2D eigenvalue weighted by molar-refractivity contribution is 0.0725. The zero-order chi connectivity index (χ0) is 13.7. The lowest BCUT2D eigenvalue weighted by Crippen LogP contribution is -2.42. The number of hydrogen-bond donors (Lipinski definition) is 1. The third-order valence-electron chi connectivity index (χ3n) is 2.28. The molecule has 0 bridgehead atoms. The molecule has 0 fully saturated rings. The van der Waals surface area contributed by atoms with Gasteiger partial charge in [-0.05, 0) is 13.8 Å². The zero-order valence-corrected chi connectivity index (χ0v) is 11.5. The molecule has 0 saturated carbocycles. The van der Waals surface area contributed by atoms with Gasteiger partial charge in [0.25, 0.3) is 5.91 Å². The first-order chi connectivity index (χ1) is 8.45. The molecule has 1 aromatic rings. The Hall–Kier alpha value is -1.47. The third kappa shape index (κ3) is 3.78. The van der Waals surface area contributed by atoms with Gasteiger partial charge in [-0.2, -0.15) is 0 Å². The number of methoxy groups -OCH3 is 1. The van der Waals surface area contributed by atoms with Crippen molar-refractivity contribution in [2.75, 3.05) is 13.7 Å². The number of thiocarbonyl (C=S) groups is 1. The van der Waals surface area contributed by atoms with Gasteiger partial charge in [-0.3, -0.25) is 4.79 Å². The molecular weight excluding hydrogens is 254 g/mol. The van der Waals surface area contributed by atoms with Crippen LogP contribution in [0.5, 0.6) is 0 Å². The fourth-order valence-corrected chi connectivity index (χ4v) is 1.57. The molecule has 1 heterocycles. The summed E-state index contributed by atoms with van der Waals surface area (Å²) in [4.78, 5) is 14.0. The molecule has 1 rings (SSSR count). The van der Waals surface area contributed by atoms with Gasteiger partial charge in [-0.15, -0.1) is 0 Å². The molecule has 0 aliphatic rings. The van der Waals surface area contributed by atoms with Gasteiger partial charge in [0.05, 0.1) is 11.5 Å². The summed E-state index contributed by atoms with van der Waals surface area (Å²) in [6, 6.07) is 1.53. The molecule has 7 heteroatoms. The predicted octanol–water partition coefficient (Wildman–Crippen LogP) is 0.958. The van der Waals surface area contributed by atoms with Crippen molar-refractivity contribution in [3.8, 4) is 0 Å². The lowest BCUT2D eigenvalue weighted by atomic mass is 10.2. The maximum Gasteiger partial charge on any atom is 0.276 e. The van der Waals surface area contributed by atoms with Gasteiger partial charge in [-0.1, -0.05) is 17.4 Å². The van der Waals surface area contributed by atoms with Crippen LogP contribution in [0, 0.1) is 0 Å². The molecule has 0 aromatic carbocycles. The Balaban J connectivity index is 2.84. The van der Waals surface area contributed by atoms with Crippen molar-refractivity contribution in [3.63, 3.8) is 0 Å². The number of hydrogen-bond acceptors (Lipinski definition) is 5. The average Bonchev–Trinajstić information content (AvgIpc) is 2.73. The second-order valence-corrected chi connectivity index (χ2v) is 4.63. The van der Waals surface area contributed by atoms with E-state index in [-0.39, 0.29) is 35.8 Å². The number of rotatable bonds is 6. The van der Waals surface area contributed by atoms with Crippen LogP contribution in [0.2, 0.25) is 0 Å². The van der Waals surface area contributed by atoms with Crippen LogP contribution >= 0.6 is 12.2 Å². The second-order valence-electron chi connectivity index (χ2n) is 4.10. The summed E-state index contributed by atoms with van der Waals surface area (Å²) < 4.78 is 9.87. The summed E-state index contributed by atoms with van der Waals surface area (Å²) in [7, 11) is 1.54. The number of aromatic nitrogens is 1. The molecule has 0 aliphatic carbocycles. The molecule has 0 spiro atoms. The molecule has 0 unspecified atom stereocenters. The minimum Gasteiger partial charge on any atom is -0.392 e. The number of carbonyl (C=O) groups is 1. The van der Waals surface area contributed by atoms with Crippen molar-refractivity contribution >= 4 is 23.1 Å². The highest BCUT2D eigenvalue weighted by molar-refractivity contribution is 7.80. The van der Waals surface area contributed by atoms with Crippen LogP contribution in [0.4, 0.5) is 0 Å². The first-order valence-electron chi connectivity index (χ1n) is 5.49. The Kier molecular flexibility index (Phi) is 5.24. The van der Waals surface area contributed by atoms with Gasteiger partial charge in [-0.25, -0.2) is 0 Å². The smallest absolute Gasteiger partial charge is 0.276 e. The Morgan fingerprint density at radius 1 is 1.67 bits per heavy atom. The number of nitrogens with zero attached hydrogens (tertiary/aromatic N) is 2. The number of carbonyl (C=O) groups excluding carboxylic acids is 1. The first-order valence-corrected chi connectivity index (χ1v) is 5.90. The predicted molar refractivity (Wildman–Crippen MR) is 70.2 cm³/mol. The van der Waals surface area contributed by atoms with E-state index in [0.29, 0.717) is 5.76 Å². The summed E-state index contributed by atoms with van der Waals surface area (Å²) in [5, 5.41) is 3.72. The van der Waals surface area contributed by atoms with E-state index in [1.54, 1.807) is 6.07 Å². The molecule has 0 saturated heterocycles. The quantitative estimate of drug-likeness (QED) is 0.776. The molecule has 0 aliphatic heterocycles. The van der Waals surface area contributed by atoms with Crippen molar-refractivity contribution in [3.05, 3.63) is 17.5 Å². The van der Waals surface area contributed by atoms with Crippen LogP contribution in [0.3, 0.4) is 0 Å². The third-order valence-corrected chi connectivity index (χ3v) is 2.40. The number of amides is 1. The van der Waals surface area contributed by atoms with Crippen molar-refractivity contribution in [2.45, 2.75) is 26.5 Å². The second kappa shape index (κ2) is 6.46. The summed E-state index contributed by atoms with van der Waals surface area (Å²) in [5.41, 5.74) is 5.70. The molecule has 100 valence electrons. The van der Waals surface area contributed by atoms with Crippen LogP contribution in [0.1, 0.15) is 30.1 Å². The average molecular weight is 271 g/mol. The molecule has 1 aromatic heterocycles. The fraction of sp³-hybridized carbons (Fsp3) is 0.545. The van der Waals surface area contributed by atoms with E-state index in [1.165, 1.54) is 12.0 Å². The van der Waals surface area contributed by atoms with Crippen molar-refractivity contribution < 1.29 is 14.1 Å². The highest BCUT2D eigenvalue weighted by atomic mass is 32.1. The maximum absolute atomic E-state index is 12.2. The van der Waals surface area contributed by atoms with Crippen LogP contribution in [0.25, 0.3) is 0 Å². The number of nitrogens with two attached hydrogens (primary N) is 1. The van der Waals surface area contributed by atoms with Crippen molar-refractivity contribution in [2.24, 2.45) is 5.73 Å². The summed E-state index contributed by atoms with van der Waals surface area (Å²) >= 11 is 4.83. The highest BCUT2D eigenvalue weighted by Crippen LogP contribution is 2.10. The monoisotopic (exact) mass is 271 g/mol. The van der Waals surface area contributed by atoms with Gasteiger partial charge < -0.3 is 19.9 Å². The molecule has 18 heavy (non-hydrogen) atoms. The Morgan fingerprint density at radius 3 is 2.83 bits per heavy atom. The van der Waals surface area contributed by atoms with Gasteiger partial charge in [0.15, 0.2) is 11.5 Å². The molecule has 1 amide bonds. The summed E-state index contributed by atoms with van der Waals surface area (Å²) in [5.74, 6) is 0.240. The van der Waals surface area contributed by atoms with E-state index in [1.807, 2.05) is 13.8 Å². The minimum atomic E-state index is -0.260. The van der Waals surface area contributed by atoms with Crippen LogP contribution in [-0.4, -0.2) is 40.6 Å². The van der Waals surface area contributed by atoms with E-state index >= 15 is 0 Å². The highest BCUT2D eigenvalue weighted by Gasteiger charge is 2.22. The van der Waals surface area contributed by atoms with Gasteiger partial charge in [0.2, 0.25) is 0 Å². The van der Waals surface area contributed by atoms with E-state index in [2.05, 4.69) is 5.16 Å². The zero-order valence-electron chi connectivity index (χ0n) is 10.7. The van der Waals surface area contributed by atoms with Crippen LogP contribution in [0.15, 0.2) is 10.6 Å². The normalized spacial score (nSPS) is 10.7. The standard InChI is InChI=1S/C11H17N3O3S/c1-7(2)14(5-10(12)18)11(15)9-4-8(6-16-3)17-13-9/h4,7H,5-6H2,1-3H3,(H2,12,18). The van der Waals surface area contributed by atoms with Gasteiger partial charge in [0.1, 0.15) is 6.61 Å². The largest absolute Gasteiger partial charge is 0.392 e. The Labute approximate surface area is 111 Å².